The van der Waals surface area contributed by atoms with Crippen LogP contribution in [-0.2, 0) is 25.4 Å². The Hall–Kier alpha value is -2.62. The summed E-state index contributed by atoms with van der Waals surface area (Å²) in [7, 11) is 0. The molecule has 1 aromatic carbocycles. The number of amides is 1. The molecule has 0 aliphatic heterocycles. The lowest BCUT2D eigenvalue weighted by molar-refractivity contribution is -0.168. The summed E-state index contributed by atoms with van der Waals surface area (Å²) < 4.78 is 38.3. The number of carboxylic acids is 1. The fourth-order valence-corrected chi connectivity index (χ4v) is 6.25. The minimum atomic E-state index is -4.50. The molecule has 1 aromatic rings. The summed E-state index contributed by atoms with van der Waals surface area (Å²) in [4.78, 5) is 42.5. The van der Waals surface area contributed by atoms with Gasteiger partial charge in [0.15, 0.2) is 0 Å². The zero-order valence-corrected chi connectivity index (χ0v) is 17.3. The van der Waals surface area contributed by atoms with Gasteiger partial charge >= 0.3 is 18.1 Å². The number of carboxylic acid groups (broad SMARTS) is 1. The molecule has 170 valence electrons. The number of carbonyl (C=O) groups excluding carboxylic acids is 2. The highest BCUT2D eigenvalue weighted by Gasteiger charge is 2.86. The molecular weight excluding hydrogens is 417 g/mol. The van der Waals surface area contributed by atoms with E-state index in [1.807, 2.05) is 0 Å². The molecule has 2 fully saturated rings. The van der Waals surface area contributed by atoms with E-state index in [0.29, 0.717) is 6.42 Å². The molecule has 0 heterocycles. The number of hydrogen-bond acceptors (Lipinski definition) is 5. The van der Waals surface area contributed by atoms with Crippen LogP contribution in [0.5, 0.6) is 0 Å². The van der Waals surface area contributed by atoms with E-state index in [1.54, 1.807) is 20.8 Å². The molecule has 0 saturated heterocycles. The van der Waals surface area contributed by atoms with E-state index >= 15 is 0 Å². The normalized spacial score (nSPS) is 34.0. The van der Waals surface area contributed by atoms with Crippen molar-refractivity contribution in [1.29, 1.82) is 0 Å². The minimum absolute atomic E-state index is 0.150. The number of halogens is 3. The highest BCUT2D eigenvalue weighted by molar-refractivity contribution is 5.97. The van der Waals surface area contributed by atoms with Gasteiger partial charge in [-0.2, -0.15) is 19.1 Å². The van der Waals surface area contributed by atoms with Crippen LogP contribution in [0.2, 0.25) is 0 Å². The van der Waals surface area contributed by atoms with Crippen molar-refractivity contribution in [2.75, 3.05) is 5.32 Å². The van der Waals surface area contributed by atoms with Crippen LogP contribution < -0.4 is 11.2 Å². The molecule has 6 atom stereocenters. The van der Waals surface area contributed by atoms with E-state index in [2.05, 4.69) is 10.2 Å². The lowest BCUT2D eigenvalue weighted by Gasteiger charge is -2.40. The number of hydrogen-bond donors (Lipinski definition) is 3. The average Bonchev–Trinajstić information content (AvgIpc) is 3.26. The molecule has 7 nitrogen and oxygen atoms in total. The molecule has 2 saturated carbocycles. The van der Waals surface area contributed by atoms with Crippen molar-refractivity contribution in [1.82, 2.24) is 0 Å². The van der Waals surface area contributed by atoms with Crippen LogP contribution >= 0.6 is 0 Å². The summed E-state index contributed by atoms with van der Waals surface area (Å²) >= 11 is 0. The molecule has 0 radical (unpaired) electrons. The standard InChI is InChI=1S/C21H25F3N2O5/c1-4-12-13(16(27)26-11-8-6-10(7-9-11)21(22,23)24)14-15(17(28)29)19(14,3)20(12,5-2)18(30)31-25/h6-9,12-15H,4-5,25H2,1-3H3,(H,26,27)(H,28,29). The van der Waals surface area contributed by atoms with E-state index < -0.39 is 64.1 Å². The fraction of sp³-hybridized carbons (Fsp3) is 0.571. The fourth-order valence-electron chi connectivity index (χ4n) is 6.25. The Balaban J connectivity index is 1.97. The second kappa shape index (κ2) is 7.51. The molecule has 3 rings (SSSR count). The van der Waals surface area contributed by atoms with Gasteiger partial charge in [0, 0.05) is 17.0 Å². The molecule has 0 bridgehead atoms. The van der Waals surface area contributed by atoms with Gasteiger partial charge in [-0.15, -0.1) is 0 Å². The van der Waals surface area contributed by atoms with Crippen molar-refractivity contribution in [3.8, 4) is 0 Å². The van der Waals surface area contributed by atoms with Gasteiger partial charge in [-0.25, -0.2) is 4.79 Å². The number of carbonyl (C=O) groups is 3. The monoisotopic (exact) mass is 442 g/mol. The lowest BCUT2D eigenvalue weighted by atomic mass is 9.62. The van der Waals surface area contributed by atoms with E-state index in [9.17, 15) is 32.7 Å². The van der Waals surface area contributed by atoms with Gasteiger partial charge in [0.1, 0.15) is 0 Å². The quantitative estimate of drug-likeness (QED) is 0.581. The van der Waals surface area contributed by atoms with Crippen LogP contribution in [0.1, 0.15) is 39.2 Å². The SMILES string of the molecule is CCC1C(C(=O)Nc2ccc(C(F)(F)F)cc2)C2C(C(=O)O)C2(C)C1(CC)C(=O)ON. The van der Waals surface area contributed by atoms with Gasteiger partial charge in [-0.05, 0) is 42.5 Å². The number of nitrogens with two attached hydrogens (primary N) is 1. The Morgan fingerprint density at radius 2 is 1.77 bits per heavy atom. The molecule has 31 heavy (non-hydrogen) atoms. The molecule has 10 heteroatoms. The Labute approximate surface area is 177 Å². The van der Waals surface area contributed by atoms with Crippen molar-refractivity contribution in [2.24, 2.45) is 40.4 Å². The Morgan fingerprint density at radius 3 is 2.19 bits per heavy atom. The highest BCUT2D eigenvalue weighted by atomic mass is 19.4. The Bertz CT molecular complexity index is 903. The summed E-state index contributed by atoms with van der Waals surface area (Å²) in [6.07, 6.45) is -3.87. The van der Waals surface area contributed by atoms with Gasteiger partial charge in [-0.3, -0.25) is 9.59 Å². The first kappa shape index (κ1) is 23.1. The minimum Gasteiger partial charge on any atom is -0.481 e. The summed E-state index contributed by atoms with van der Waals surface area (Å²) in [5, 5.41) is 12.3. The maximum absolute atomic E-state index is 13.2. The first-order chi connectivity index (χ1) is 14.4. The number of nitrogens with one attached hydrogen (secondary N) is 1. The van der Waals surface area contributed by atoms with E-state index in [4.69, 9.17) is 5.90 Å². The third-order valence-corrected chi connectivity index (χ3v) is 7.52. The van der Waals surface area contributed by atoms with Crippen molar-refractivity contribution < 1.29 is 37.5 Å². The Morgan fingerprint density at radius 1 is 1.19 bits per heavy atom. The van der Waals surface area contributed by atoms with Gasteiger partial charge in [-0.1, -0.05) is 27.2 Å². The summed E-state index contributed by atoms with van der Waals surface area (Å²) in [6, 6.07) is 3.98. The van der Waals surface area contributed by atoms with Crippen LogP contribution in [0, 0.1) is 34.5 Å². The number of fused-ring (bicyclic) bond motifs is 1. The second-order valence-electron chi connectivity index (χ2n) is 8.46. The van der Waals surface area contributed by atoms with Gasteiger partial charge < -0.3 is 15.3 Å². The first-order valence-corrected chi connectivity index (χ1v) is 10.0. The molecular formula is C21H25F3N2O5. The predicted molar refractivity (Wildman–Crippen MR) is 103 cm³/mol. The average molecular weight is 442 g/mol. The zero-order valence-electron chi connectivity index (χ0n) is 17.3. The van der Waals surface area contributed by atoms with Gasteiger partial charge in [0.2, 0.25) is 5.91 Å². The van der Waals surface area contributed by atoms with Crippen molar-refractivity contribution in [3.05, 3.63) is 29.8 Å². The number of benzene rings is 1. The topological polar surface area (TPSA) is 119 Å². The lowest BCUT2D eigenvalue weighted by Crippen LogP contribution is -2.48. The van der Waals surface area contributed by atoms with Gasteiger partial charge in [0.25, 0.3) is 0 Å². The predicted octanol–water partition coefficient (Wildman–Crippen LogP) is 3.45. The summed E-state index contributed by atoms with van der Waals surface area (Å²) in [5.41, 5.74) is -2.98. The third-order valence-electron chi connectivity index (χ3n) is 7.52. The maximum Gasteiger partial charge on any atom is 0.416 e. The molecule has 2 aliphatic carbocycles. The molecule has 4 N–H and O–H groups in total. The smallest absolute Gasteiger partial charge is 0.416 e. The molecule has 6 unspecified atom stereocenters. The second-order valence-corrected chi connectivity index (χ2v) is 8.46. The van der Waals surface area contributed by atoms with Crippen LogP contribution in [0.15, 0.2) is 24.3 Å². The molecule has 1 amide bonds. The molecule has 0 aromatic heterocycles. The van der Waals surface area contributed by atoms with Crippen LogP contribution in [-0.4, -0.2) is 23.0 Å². The van der Waals surface area contributed by atoms with Crippen molar-refractivity contribution in [3.63, 3.8) is 0 Å². The molecule has 2 aliphatic rings. The Kier molecular flexibility index (Phi) is 5.58. The van der Waals surface area contributed by atoms with Crippen molar-refractivity contribution >= 4 is 23.5 Å². The number of anilines is 1. The van der Waals surface area contributed by atoms with Gasteiger partial charge in [0.05, 0.1) is 16.9 Å². The largest absolute Gasteiger partial charge is 0.481 e. The highest BCUT2D eigenvalue weighted by Crippen LogP contribution is 2.81. The molecule has 0 spiro atoms. The number of aliphatic carboxylic acids is 1. The summed E-state index contributed by atoms with van der Waals surface area (Å²) in [5.74, 6) is -0.125. The van der Waals surface area contributed by atoms with E-state index in [-0.39, 0.29) is 12.1 Å². The number of alkyl halides is 3. The summed E-state index contributed by atoms with van der Waals surface area (Å²) in [6.45, 7) is 5.20. The first-order valence-electron chi connectivity index (χ1n) is 10.0. The van der Waals surface area contributed by atoms with Crippen LogP contribution in [0.3, 0.4) is 0 Å². The van der Waals surface area contributed by atoms with Crippen LogP contribution in [0.25, 0.3) is 0 Å². The van der Waals surface area contributed by atoms with E-state index in [1.165, 1.54) is 0 Å². The third kappa shape index (κ3) is 3.10. The van der Waals surface area contributed by atoms with Crippen LogP contribution in [0.4, 0.5) is 18.9 Å². The van der Waals surface area contributed by atoms with E-state index in [0.717, 1.165) is 24.3 Å². The maximum atomic E-state index is 13.2. The van der Waals surface area contributed by atoms with Crippen molar-refractivity contribution in [2.45, 2.75) is 39.8 Å². The number of rotatable bonds is 6. The zero-order chi connectivity index (χ0) is 23.4.